The van der Waals surface area contributed by atoms with E-state index >= 15 is 0 Å². The molecule has 3 N–H and O–H groups in total. The van der Waals surface area contributed by atoms with E-state index in [0.717, 1.165) is 42.4 Å². The summed E-state index contributed by atoms with van der Waals surface area (Å²) in [5.41, 5.74) is 2.07. The van der Waals surface area contributed by atoms with Crippen LogP contribution in [0.2, 0.25) is 0 Å². The average molecular weight is 464 g/mol. The molecule has 2 bridgehead atoms. The lowest BCUT2D eigenvalue weighted by atomic mass is 9.59. The fourth-order valence-electron chi connectivity index (χ4n) is 7.48. The van der Waals surface area contributed by atoms with Crippen molar-refractivity contribution >= 4 is 11.6 Å². The van der Waals surface area contributed by atoms with Gasteiger partial charge in [-0.05, 0) is 69.5 Å². The van der Waals surface area contributed by atoms with Crippen molar-refractivity contribution in [3.63, 3.8) is 0 Å². The molecular weight excluding hydrogens is 430 g/mol. The molecule has 7 atom stereocenters. The average Bonchev–Trinajstić information content (AvgIpc) is 3.33. The van der Waals surface area contributed by atoms with E-state index in [4.69, 9.17) is 4.74 Å². The maximum atomic E-state index is 13.3. The molecule has 1 saturated carbocycles. The lowest BCUT2D eigenvalue weighted by Crippen LogP contribution is -2.62. The molecule has 6 rings (SSSR count). The number of carbonyl (C=O) groups is 1. The Morgan fingerprint density at radius 2 is 2.09 bits per heavy atom. The number of fused-ring (bicyclic) bond motifs is 1. The fourth-order valence-corrected chi connectivity index (χ4v) is 7.48. The van der Waals surface area contributed by atoms with E-state index in [1.165, 1.54) is 0 Å². The minimum absolute atomic E-state index is 0.0742. The van der Waals surface area contributed by atoms with Crippen LogP contribution >= 0.6 is 0 Å². The summed E-state index contributed by atoms with van der Waals surface area (Å²) in [6, 6.07) is 3.48. The van der Waals surface area contributed by atoms with Gasteiger partial charge in [0.1, 0.15) is 6.10 Å². The van der Waals surface area contributed by atoms with Gasteiger partial charge in [0.15, 0.2) is 0 Å². The minimum Gasteiger partial charge on any atom is -0.388 e. The molecule has 1 aromatic heterocycles. The van der Waals surface area contributed by atoms with Crippen LogP contribution in [0.25, 0.3) is 0 Å². The molecule has 2 fully saturated rings. The summed E-state index contributed by atoms with van der Waals surface area (Å²) < 4.78 is 7.10. The van der Waals surface area contributed by atoms with E-state index in [1.54, 1.807) is 12.4 Å². The molecule has 7 nitrogen and oxygen atoms in total. The summed E-state index contributed by atoms with van der Waals surface area (Å²) in [5.74, 6) is 0.0727. The van der Waals surface area contributed by atoms with Crippen molar-refractivity contribution in [3.8, 4) is 0 Å². The predicted octanol–water partition coefficient (Wildman–Crippen LogP) is 2.59. The zero-order chi connectivity index (χ0) is 23.9. The second-order valence-electron chi connectivity index (χ2n) is 11.1. The van der Waals surface area contributed by atoms with Crippen LogP contribution in [-0.2, 0) is 9.53 Å². The Kier molecular flexibility index (Phi) is 4.78. The van der Waals surface area contributed by atoms with Crippen molar-refractivity contribution in [2.24, 2.45) is 11.3 Å². The van der Waals surface area contributed by atoms with Gasteiger partial charge in [0.25, 0.3) is 5.91 Å². The highest BCUT2D eigenvalue weighted by Crippen LogP contribution is 2.66. The minimum atomic E-state index is -0.936. The largest absolute Gasteiger partial charge is 0.388 e. The van der Waals surface area contributed by atoms with Crippen molar-refractivity contribution in [2.45, 2.75) is 68.5 Å². The number of nitrogens with zero attached hydrogens (tertiary/aromatic N) is 2. The zero-order valence-electron chi connectivity index (χ0n) is 20.0. The monoisotopic (exact) mass is 463 g/mol. The Labute approximate surface area is 200 Å². The highest BCUT2D eigenvalue weighted by Gasteiger charge is 2.67. The van der Waals surface area contributed by atoms with E-state index in [0.29, 0.717) is 12.1 Å². The Morgan fingerprint density at radius 3 is 2.82 bits per heavy atom. The van der Waals surface area contributed by atoms with Gasteiger partial charge >= 0.3 is 0 Å². The Morgan fingerprint density at radius 1 is 1.26 bits per heavy atom. The SMILES string of the molecule is CN(C)[C@H]1C[C@@]23CC[C@@]4(O2)C(=CC[C@]2(C)C(C(=O)Nc5cccnc5)=CCC24)C=C3[C@@H](O)[C@@H]1O. The number of aliphatic hydroxyl groups is 2. The van der Waals surface area contributed by atoms with Crippen molar-refractivity contribution in [1.29, 1.82) is 0 Å². The maximum Gasteiger partial charge on any atom is 0.251 e. The molecule has 7 heteroatoms. The highest BCUT2D eigenvalue weighted by atomic mass is 16.5. The third kappa shape index (κ3) is 2.84. The number of hydrogen-bond donors (Lipinski definition) is 3. The number of amides is 1. The van der Waals surface area contributed by atoms with Crippen molar-refractivity contribution in [2.75, 3.05) is 19.4 Å². The van der Waals surface area contributed by atoms with Crippen LogP contribution in [0.1, 0.15) is 39.0 Å². The Balaban J connectivity index is 1.35. The lowest BCUT2D eigenvalue weighted by Gasteiger charge is -2.55. The van der Waals surface area contributed by atoms with Gasteiger partial charge in [-0.3, -0.25) is 9.78 Å². The summed E-state index contributed by atoms with van der Waals surface area (Å²) in [6.07, 6.45) is 11.8. The first-order valence-electron chi connectivity index (χ1n) is 12.3. The number of aliphatic hydroxyl groups excluding tert-OH is 2. The number of carbonyl (C=O) groups excluding carboxylic acids is 1. The number of pyridine rings is 1. The van der Waals surface area contributed by atoms with Gasteiger partial charge in [0.2, 0.25) is 0 Å². The molecule has 0 radical (unpaired) electrons. The molecule has 5 aliphatic rings. The highest BCUT2D eigenvalue weighted by molar-refractivity contribution is 6.05. The van der Waals surface area contributed by atoms with Crippen LogP contribution in [0, 0.1) is 11.3 Å². The molecule has 1 aromatic rings. The number of likely N-dealkylation sites (N-methyl/N-ethyl adjacent to an activating group) is 1. The van der Waals surface area contributed by atoms with Gasteiger partial charge < -0.3 is 25.2 Å². The number of anilines is 1. The smallest absolute Gasteiger partial charge is 0.251 e. The van der Waals surface area contributed by atoms with Gasteiger partial charge in [-0.25, -0.2) is 0 Å². The van der Waals surface area contributed by atoms with Crippen LogP contribution in [0.3, 0.4) is 0 Å². The van der Waals surface area contributed by atoms with E-state index < -0.39 is 23.4 Å². The third-order valence-electron chi connectivity index (χ3n) is 9.26. The quantitative estimate of drug-likeness (QED) is 0.638. The van der Waals surface area contributed by atoms with Gasteiger partial charge in [0, 0.05) is 29.1 Å². The van der Waals surface area contributed by atoms with E-state index in [2.05, 4.69) is 35.5 Å². The Bertz CT molecular complexity index is 1130. The summed E-state index contributed by atoms with van der Waals surface area (Å²) in [6.45, 7) is 2.19. The van der Waals surface area contributed by atoms with Crippen LogP contribution < -0.4 is 5.32 Å². The number of hydrogen-bond acceptors (Lipinski definition) is 6. The summed E-state index contributed by atoms with van der Waals surface area (Å²) in [5, 5.41) is 24.9. The molecule has 3 aliphatic carbocycles. The van der Waals surface area contributed by atoms with Crippen LogP contribution in [0.5, 0.6) is 0 Å². The van der Waals surface area contributed by atoms with E-state index in [1.807, 2.05) is 31.1 Å². The molecule has 1 amide bonds. The first kappa shape index (κ1) is 22.2. The summed E-state index contributed by atoms with van der Waals surface area (Å²) in [7, 11) is 3.88. The van der Waals surface area contributed by atoms with E-state index in [9.17, 15) is 15.0 Å². The molecule has 180 valence electrons. The van der Waals surface area contributed by atoms with Gasteiger partial charge in [-0.2, -0.15) is 0 Å². The summed E-state index contributed by atoms with van der Waals surface area (Å²) >= 11 is 0. The number of allylic oxidation sites excluding steroid dienone is 2. The lowest BCUT2D eigenvalue weighted by molar-refractivity contribution is -0.163. The van der Waals surface area contributed by atoms with Crippen molar-refractivity contribution in [1.82, 2.24) is 9.88 Å². The second kappa shape index (κ2) is 7.34. The van der Waals surface area contributed by atoms with Crippen LogP contribution in [-0.4, -0.2) is 69.6 Å². The normalized spacial score (nSPS) is 42.2. The fraction of sp³-hybridized carbons (Fsp3) is 0.556. The second-order valence-corrected chi connectivity index (χ2v) is 11.1. The zero-order valence-corrected chi connectivity index (χ0v) is 20.0. The number of aromatic nitrogens is 1. The van der Waals surface area contributed by atoms with Gasteiger partial charge in [-0.1, -0.05) is 25.2 Å². The number of nitrogens with one attached hydrogen (secondary N) is 1. The molecule has 2 spiro atoms. The predicted molar refractivity (Wildman–Crippen MR) is 128 cm³/mol. The molecule has 3 heterocycles. The first-order chi connectivity index (χ1) is 16.2. The van der Waals surface area contributed by atoms with Crippen LogP contribution in [0.4, 0.5) is 5.69 Å². The Hall–Kier alpha value is -2.32. The van der Waals surface area contributed by atoms with Crippen molar-refractivity contribution in [3.05, 3.63) is 59.5 Å². The van der Waals surface area contributed by atoms with Gasteiger partial charge in [-0.15, -0.1) is 0 Å². The molecule has 1 saturated heterocycles. The van der Waals surface area contributed by atoms with Gasteiger partial charge in [0.05, 0.1) is 29.2 Å². The molecule has 0 aromatic carbocycles. The standard InChI is InChI=1S/C27H33N3O4/c1-25-9-8-16-13-19-22(31)23(32)20(30(2)3)14-26(19)10-11-27(16,34-26)21(25)7-6-18(25)24(33)29-17-5-4-12-28-15-17/h4-6,8,12-13,15,20-23,31-32H,7,9-11,14H2,1-3H3,(H,29,33)/t20-,21?,22+,23+,25+,26+,27+/m0/s1. The summed E-state index contributed by atoms with van der Waals surface area (Å²) in [4.78, 5) is 19.4. The molecular formula is C27H33N3O4. The number of rotatable bonds is 3. The molecule has 2 aliphatic heterocycles. The maximum absolute atomic E-state index is 13.3. The van der Waals surface area contributed by atoms with E-state index in [-0.39, 0.29) is 23.3 Å². The van der Waals surface area contributed by atoms with Crippen LogP contribution in [0.15, 0.2) is 59.5 Å². The topological polar surface area (TPSA) is 94.9 Å². The first-order valence-corrected chi connectivity index (χ1v) is 12.3. The molecule has 1 unspecified atom stereocenters. The van der Waals surface area contributed by atoms with Crippen molar-refractivity contribution < 1.29 is 19.7 Å². The third-order valence-corrected chi connectivity index (χ3v) is 9.26. The number of ether oxygens (including phenoxy) is 1. The molecule has 34 heavy (non-hydrogen) atoms.